The molecule has 2 aromatic carbocycles. The van der Waals surface area contributed by atoms with Gasteiger partial charge in [-0.2, -0.15) is 0 Å². The minimum absolute atomic E-state index is 0.0246. The molecule has 8 rings (SSSR count). The van der Waals surface area contributed by atoms with Gasteiger partial charge in [-0.15, -0.1) is 10.2 Å². The number of nitrogens with zero attached hydrogens (tertiary/aromatic N) is 7. The second-order valence-electron chi connectivity index (χ2n) is 21.3. The maximum atomic E-state index is 13.6. The summed E-state index contributed by atoms with van der Waals surface area (Å²) in [5.41, 5.74) is 6.86. The number of carboxylic acid groups (broad SMARTS) is 1. The Hall–Kier alpha value is -7.99. The fourth-order valence-corrected chi connectivity index (χ4v) is 10.4. The van der Waals surface area contributed by atoms with Crippen molar-refractivity contribution in [2.75, 3.05) is 86.8 Å². The summed E-state index contributed by atoms with van der Waals surface area (Å²) in [7, 11) is 1.54. The first-order valence-corrected chi connectivity index (χ1v) is 26.7. The number of nitrogens with one attached hydrogen (secondary N) is 4. The normalized spacial score (nSPS) is 19.1. The topological polar surface area (TPSA) is 295 Å². The molecule has 4 fully saturated rings. The molecule has 0 spiro atoms. The molecule has 24 heteroatoms. The SMILES string of the molecule is COCOc1ccccc1-c1cc(N2CC3CCC(C2)N3c2ccnc(OCCN3CCN(C(=O)OC(C)(C)C)CC3C)c2)c(NC(=O)OCc2ccc(NC(=O)[C@H](CCCNC(N)=O)NC(=O)C3(C(=O)O)CCC3)cc2)nn1. The van der Waals surface area contributed by atoms with Crippen LogP contribution in [0.5, 0.6) is 11.6 Å². The molecule has 24 nitrogen and oxygen atoms in total. The molecule has 6 amide bonds. The number of nitrogens with two attached hydrogens (primary N) is 1. The number of anilines is 4. The molecule has 1 saturated carbocycles. The predicted octanol–water partition coefficient (Wildman–Crippen LogP) is 5.57. The number of hydrogen-bond acceptors (Lipinski definition) is 17. The minimum atomic E-state index is -1.59. The molecule has 4 aromatic rings. The van der Waals surface area contributed by atoms with E-state index >= 15 is 0 Å². The highest BCUT2D eigenvalue weighted by Crippen LogP contribution is 2.42. The summed E-state index contributed by atoms with van der Waals surface area (Å²) in [5, 5.41) is 29.5. The van der Waals surface area contributed by atoms with Crippen LogP contribution in [0.4, 0.5) is 37.3 Å². The van der Waals surface area contributed by atoms with E-state index in [-0.39, 0.29) is 75.7 Å². The van der Waals surface area contributed by atoms with Crippen LogP contribution in [-0.2, 0) is 35.2 Å². The van der Waals surface area contributed by atoms with Gasteiger partial charge < -0.3 is 65.2 Å². The number of urea groups is 1. The number of carboxylic acids is 1. The van der Waals surface area contributed by atoms with Crippen LogP contribution in [0.3, 0.4) is 0 Å². The Morgan fingerprint density at radius 2 is 1.66 bits per heavy atom. The lowest BCUT2D eigenvalue weighted by Crippen LogP contribution is -2.55. The molecule has 2 aromatic heterocycles. The fraction of sp³-hybridized carbons (Fsp3) is 0.509. The zero-order chi connectivity index (χ0) is 56.3. The van der Waals surface area contributed by atoms with Crippen molar-refractivity contribution in [2.45, 2.75) is 109 Å². The third-order valence-corrected chi connectivity index (χ3v) is 14.6. The number of aromatic nitrogens is 3. The zero-order valence-electron chi connectivity index (χ0n) is 45.4. The quantitative estimate of drug-likeness (QED) is 0.0318. The maximum absolute atomic E-state index is 13.6. The van der Waals surface area contributed by atoms with Crippen molar-refractivity contribution >= 4 is 58.9 Å². The summed E-state index contributed by atoms with van der Waals surface area (Å²) in [5.74, 6) is -1.29. The van der Waals surface area contributed by atoms with E-state index in [0.29, 0.717) is 92.1 Å². The Morgan fingerprint density at radius 1 is 0.911 bits per heavy atom. The van der Waals surface area contributed by atoms with Crippen LogP contribution in [0.25, 0.3) is 11.3 Å². The summed E-state index contributed by atoms with van der Waals surface area (Å²) in [6.45, 7) is 11.9. The number of carbonyl (C=O) groups is 6. The lowest BCUT2D eigenvalue weighted by Gasteiger charge is -2.43. The van der Waals surface area contributed by atoms with Crippen molar-refractivity contribution in [3.05, 3.63) is 78.5 Å². The van der Waals surface area contributed by atoms with E-state index in [0.717, 1.165) is 18.5 Å². The first kappa shape index (κ1) is 57.2. The number of rotatable bonds is 22. The van der Waals surface area contributed by atoms with Gasteiger partial charge >= 0.3 is 24.2 Å². The highest BCUT2D eigenvalue weighted by Gasteiger charge is 2.52. The molecule has 5 heterocycles. The van der Waals surface area contributed by atoms with Gasteiger partial charge in [0.1, 0.15) is 36.0 Å². The number of methoxy groups -OCH3 is 1. The fourth-order valence-electron chi connectivity index (χ4n) is 10.4. The van der Waals surface area contributed by atoms with Crippen molar-refractivity contribution < 1.29 is 57.6 Å². The third kappa shape index (κ3) is 14.6. The molecule has 79 heavy (non-hydrogen) atoms. The molecule has 4 aliphatic rings. The summed E-state index contributed by atoms with van der Waals surface area (Å²) in [4.78, 5) is 89.4. The number of fused-ring (bicyclic) bond motifs is 2. The summed E-state index contributed by atoms with van der Waals surface area (Å²) < 4.78 is 28.6. The molecule has 3 unspecified atom stereocenters. The molecule has 3 saturated heterocycles. The number of para-hydroxylation sites is 1. The smallest absolute Gasteiger partial charge is 0.413 e. The van der Waals surface area contributed by atoms with Gasteiger partial charge in [-0.05, 0) is 108 Å². The monoisotopic (exact) mass is 1090 g/mol. The summed E-state index contributed by atoms with van der Waals surface area (Å²) in [6, 6.07) is 18.4. The molecule has 1 aliphatic carbocycles. The van der Waals surface area contributed by atoms with E-state index < -0.39 is 47.0 Å². The van der Waals surface area contributed by atoms with E-state index in [1.165, 1.54) is 0 Å². The lowest BCUT2D eigenvalue weighted by atomic mass is 9.68. The van der Waals surface area contributed by atoms with Gasteiger partial charge in [-0.3, -0.25) is 24.6 Å². The molecule has 0 radical (unpaired) electrons. The highest BCUT2D eigenvalue weighted by molar-refractivity contribution is 6.05. The second kappa shape index (κ2) is 25.7. The number of pyridine rings is 1. The van der Waals surface area contributed by atoms with Gasteiger partial charge in [0.25, 0.3) is 0 Å². The predicted molar refractivity (Wildman–Crippen MR) is 292 cm³/mol. The molecular formula is C55H72N12O12. The van der Waals surface area contributed by atoms with Crippen molar-refractivity contribution in [1.82, 2.24) is 35.6 Å². The van der Waals surface area contributed by atoms with Crippen LogP contribution in [0.1, 0.15) is 78.2 Å². The molecule has 2 bridgehead atoms. The molecule has 7 N–H and O–H groups in total. The average Bonchev–Trinajstić information content (AvgIpc) is 3.74. The van der Waals surface area contributed by atoms with Gasteiger partial charge in [0.2, 0.25) is 17.7 Å². The van der Waals surface area contributed by atoms with Gasteiger partial charge in [0.15, 0.2) is 12.6 Å². The number of hydrogen-bond donors (Lipinski definition) is 6. The Balaban J connectivity index is 0.903. The van der Waals surface area contributed by atoms with E-state index in [4.69, 9.17) is 29.4 Å². The average molecular weight is 1090 g/mol. The number of piperazine rings is 2. The van der Waals surface area contributed by atoms with Gasteiger partial charge in [0, 0.05) is 100 Å². The Morgan fingerprint density at radius 3 is 2.33 bits per heavy atom. The molecule has 3 aliphatic heterocycles. The van der Waals surface area contributed by atoms with E-state index in [1.54, 1.807) is 42.5 Å². The Labute approximate surface area is 459 Å². The maximum Gasteiger partial charge on any atom is 0.413 e. The molecule has 4 atom stereocenters. The van der Waals surface area contributed by atoms with Gasteiger partial charge in [-0.1, -0.05) is 30.7 Å². The number of primary amides is 1. The van der Waals surface area contributed by atoms with Crippen LogP contribution >= 0.6 is 0 Å². The number of amides is 6. The third-order valence-electron chi connectivity index (χ3n) is 14.6. The Kier molecular flexibility index (Phi) is 18.6. The van der Waals surface area contributed by atoms with Crippen LogP contribution in [0.2, 0.25) is 0 Å². The Bertz CT molecular complexity index is 2800. The highest BCUT2D eigenvalue weighted by atomic mass is 16.7. The first-order chi connectivity index (χ1) is 37.9. The summed E-state index contributed by atoms with van der Waals surface area (Å²) in [6.07, 6.45) is 3.86. The number of benzene rings is 2. The number of ether oxygens (including phenoxy) is 5. The minimum Gasteiger partial charge on any atom is -0.480 e. The number of carbonyl (C=O) groups excluding carboxylic acids is 5. The van der Waals surface area contributed by atoms with Crippen LogP contribution in [-0.4, -0.2) is 162 Å². The largest absolute Gasteiger partial charge is 0.480 e. The molecule has 424 valence electrons. The van der Waals surface area contributed by atoms with Crippen molar-refractivity contribution in [3.63, 3.8) is 0 Å². The lowest BCUT2D eigenvalue weighted by molar-refractivity contribution is -0.162. The van der Waals surface area contributed by atoms with Crippen molar-refractivity contribution in [1.29, 1.82) is 0 Å². The van der Waals surface area contributed by atoms with Crippen molar-refractivity contribution in [3.8, 4) is 22.9 Å². The van der Waals surface area contributed by atoms with E-state index in [1.807, 2.05) is 63.2 Å². The van der Waals surface area contributed by atoms with Gasteiger partial charge in [0.05, 0.1) is 11.4 Å². The van der Waals surface area contributed by atoms with E-state index in [2.05, 4.69) is 58.1 Å². The van der Waals surface area contributed by atoms with Gasteiger partial charge in [-0.25, -0.2) is 19.4 Å². The van der Waals surface area contributed by atoms with Crippen molar-refractivity contribution in [2.24, 2.45) is 11.1 Å². The zero-order valence-corrected chi connectivity index (χ0v) is 45.4. The number of aliphatic carboxylic acids is 1. The van der Waals surface area contributed by atoms with Crippen LogP contribution in [0.15, 0.2) is 72.9 Å². The summed E-state index contributed by atoms with van der Waals surface area (Å²) >= 11 is 0. The van der Waals surface area contributed by atoms with E-state index in [9.17, 15) is 33.9 Å². The standard InChI is InChI=1S/C55H72N12O12/c1-35-30-65(53(74)79-54(2,3)4)25-24-64(35)26-27-76-46-28-38(19-23-57-46)67-39-17-18-40(67)32-66(31-39)44-29-43(41-10-6-7-12-45(41)78-34-75-5)62-63-47(44)61-52(73)77-33-36-13-15-37(16-14-36)59-48(68)42(11-8-22-58-51(56)72)60-49(69)55(50(70)71)20-9-21-55/h6-7,10,12-16,19,23,28-29,35,39-40,42H,8-9,11,17-18,20-22,24-27,30-34H2,1-5H3,(H,59,68)(H,60,69)(H,70,71)(H3,56,58,72)(H,61,63,73)/t35?,39?,40?,42-/m0/s1. The van der Waals surface area contributed by atoms with Crippen LogP contribution in [0, 0.1) is 5.41 Å². The first-order valence-electron chi connectivity index (χ1n) is 26.7. The second-order valence-corrected chi connectivity index (χ2v) is 21.3. The molecular weight excluding hydrogens is 1020 g/mol. The van der Waals surface area contributed by atoms with Crippen LogP contribution < -0.4 is 46.3 Å².